The van der Waals surface area contributed by atoms with Crippen LogP contribution in [0, 0.1) is 0 Å². The molecule has 212 valence electrons. The molecule has 0 aliphatic carbocycles. The van der Waals surface area contributed by atoms with Gasteiger partial charge in [0.25, 0.3) is 0 Å². The van der Waals surface area contributed by atoms with Crippen LogP contribution < -0.4 is 0 Å². The van der Waals surface area contributed by atoms with Gasteiger partial charge in [0.05, 0.1) is 0 Å². The molecule has 0 radical (unpaired) electrons. The lowest BCUT2D eigenvalue weighted by atomic mass is 10.0. The van der Waals surface area contributed by atoms with Crippen molar-refractivity contribution in [2.75, 3.05) is 0 Å². The molecule has 0 saturated heterocycles. The van der Waals surface area contributed by atoms with Crippen LogP contribution >= 0.6 is 0 Å². The second-order valence-electron chi connectivity index (χ2n) is 10.8. The normalized spacial score (nSPS) is 11.1. The molecule has 5 nitrogen and oxygen atoms in total. The number of hydrogen-bond acceptors (Lipinski definition) is 5. The van der Waals surface area contributed by atoms with E-state index in [1.54, 1.807) is 0 Å². The molecule has 0 N–H and O–H groups in total. The van der Waals surface area contributed by atoms with Gasteiger partial charge in [-0.3, -0.25) is 0 Å². The number of para-hydroxylation sites is 2. The zero-order valence-electron chi connectivity index (χ0n) is 24.2. The predicted molar refractivity (Wildman–Crippen MR) is 180 cm³/mol. The van der Waals surface area contributed by atoms with Crippen molar-refractivity contribution < 1.29 is 4.42 Å². The average Bonchev–Trinajstić information content (AvgIpc) is 3.57. The van der Waals surface area contributed by atoms with Gasteiger partial charge in [-0.25, -0.2) is 19.9 Å². The minimum atomic E-state index is 0.580. The summed E-state index contributed by atoms with van der Waals surface area (Å²) in [7, 11) is 0. The van der Waals surface area contributed by atoms with Gasteiger partial charge < -0.3 is 4.42 Å². The van der Waals surface area contributed by atoms with E-state index in [4.69, 9.17) is 19.4 Å². The Kier molecular flexibility index (Phi) is 6.74. The highest BCUT2D eigenvalue weighted by Crippen LogP contribution is 2.30. The SMILES string of the molecule is c1ccc(-c2ccc(-c3nc(-c4ccc(-c5ccccc5)cc4)nc(-c4ccc(-c5nc6ccccc6o5)cc4)n3)cc2)cc1. The Morgan fingerprint density at radius 1 is 0.289 bits per heavy atom. The third-order valence-corrected chi connectivity index (χ3v) is 7.82. The summed E-state index contributed by atoms with van der Waals surface area (Å²) in [6.07, 6.45) is 0. The first-order valence-corrected chi connectivity index (χ1v) is 14.8. The fourth-order valence-corrected chi connectivity index (χ4v) is 5.41. The Balaban J connectivity index is 1.18. The van der Waals surface area contributed by atoms with E-state index in [9.17, 15) is 0 Å². The molecule has 0 aliphatic heterocycles. The van der Waals surface area contributed by atoms with Crippen LogP contribution in [-0.2, 0) is 0 Å². The summed E-state index contributed by atoms with van der Waals surface area (Å²) >= 11 is 0. The van der Waals surface area contributed by atoms with Crippen LogP contribution in [0.5, 0.6) is 0 Å². The summed E-state index contributed by atoms with van der Waals surface area (Å²) < 4.78 is 5.98. The van der Waals surface area contributed by atoms with Gasteiger partial charge in [-0.1, -0.05) is 133 Å². The van der Waals surface area contributed by atoms with Gasteiger partial charge in [-0.2, -0.15) is 0 Å². The van der Waals surface area contributed by atoms with Crippen LogP contribution in [0.25, 0.3) is 79.0 Å². The molecular weight excluding hydrogens is 552 g/mol. The van der Waals surface area contributed by atoms with E-state index in [2.05, 4.69) is 77.8 Å². The molecule has 5 heteroatoms. The Hall–Kier alpha value is -6.20. The van der Waals surface area contributed by atoms with E-state index < -0.39 is 0 Å². The van der Waals surface area contributed by atoms with E-state index in [1.807, 2.05) is 84.9 Å². The van der Waals surface area contributed by atoms with Crippen molar-refractivity contribution in [3.8, 4) is 67.9 Å². The van der Waals surface area contributed by atoms with Crippen LogP contribution in [0.15, 0.2) is 162 Å². The van der Waals surface area contributed by atoms with Gasteiger partial charge in [0.2, 0.25) is 5.89 Å². The van der Waals surface area contributed by atoms with Crippen LogP contribution in [0.3, 0.4) is 0 Å². The molecule has 0 atom stereocenters. The summed E-state index contributed by atoms with van der Waals surface area (Å²) in [6, 6.07) is 53.2. The first-order valence-electron chi connectivity index (χ1n) is 14.8. The summed E-state index contributed by atoms with van der Waals surface area (Å²) in [5.74, 6) is 2.41. The minimum absolute atomic E-state index is 0.580. The third kappa shape index (κ3) is 5.39. The topological polar surface area (TPSA) is 64.7 Å². The van der Waals surface area contributed by atoms with Gasteiger partial charge in [-0.15, -0.1) is 0 Å². The van der Waals surface area contributed by atoms with Gasteiger partial charge in [0.1, 0.15) is 5.52 Å². The number of benzene rings is 6. The molecule has 0 fully saturated rings. The molecule has 0 unspecified atom stereocenters. The lowest BCUT2D eigenvalue weighted by Crippen LogP contribution is -2.00. The molecule has 0 aliphatic rings. The number of nitrogens with zero attached hydrogens (tertiary/aromatic N) is 4. The van der Waals surface area contributed by atoms with Gasteiger partial charge in [0.15, 0.2) is 23.1 Å². The second kappa shape index (κ2) is 11.5. The number of fused-ring (bicyclic) bond motifs is 1. The van der Waals surface area contributed by atoms with Crippen molar-refractivity contribution >= 4 is 11.1 Å². The highest BCUT2D eigenvalue weighted by atomic mass is 16.3. The lowest BCUT2D eigenvalue weighted by Gasteiger charge is -2.10. The molecule has 0 saturated carbocycles. The summed E-state index contributed by atoms with van der Waals surface area (Å²) in [5, 5.41) is 0. The van der Waals surface area contributed by atoms with Crippen molar-refractivity contribution in [1.82, 2.24) is 19.9 Å². The maximum atomic E-state index is 5.98. The molecule has 0 amide bonds. The Bertz CT molecular complexity index is 2090. The van der Waals surface area contributed by atoms with Gasteiger partial charge in [0, 0.05) is 22.3 Å². The van der Waals surface area contributed by atoms with Crippen LogP contribution in [-0.4, -0.2) is 19.9 Å². The Labute approximate surface area is 260 Å². The fraction of sp³-hybridized carbons (Fsp3) is 0. The van der Waals surface area contributed by atoms with E-state index >= 15 is 0 Å². The molecule has 8 rings (SSSR count). The van der Waals surface area contributed by atoms with Crippen molar-refractivity contribution in [3.63, 3.8) is 0 Å². The monoisotopic (exact) mass is 578 g/mol. The summed E-state index contributed by atoms with van der Waals surface area (Å²) in [5.41, 5.74) is 9.81. The quantitative estimate of drug-likeness (QED) is 0.196. The summed E-state index contributed by atoms with van der Waals surface area (Å²) in [6.45, 7) is 0. The second-order valence-corrected chi connectivity index (χ2v) is 10.8. The van der Waals surface area contributed by atoms with E-state index in [-0.39, 0.29) is 0 Å². The van der Waals surface area contributed by atoms with E-state index in [0.29, 0.717) is 23.4 Å². The zero-order valence-corrected chi connectivity index (χ0v) is 24.2. The van der Waals surface area contributed by atoms with Crippen molar-refractivity contribution in [1.29, 1.82) is 0 Å². The smallest absolute Gasteiger partial charge is 0.227 e. The average molecular weight is 579 g/mol. The van der Waals surface area contributed by atoms with Crippen molar-refractivity contribution in [3.05, 3.63) is 158 Å². The number of oxazole rings is 1. The van der Waals surface area contributed by atoms with Crippen molar-refractivity contribution in [2.45, 2.75) is 0 Å². The Morgan fingerprint density at radius 3 is 1.09 bits per heavy atom. The third-order valence-electron chi connectivity index (χ3n) is 7.82. The maximum absolute atomic E-state index is 5.98. The van der Waals surface area contributed by atoms with Gasteiger partial charge in [-0.05, 0) is 46.5 Å². The molecule has 2 heterocycles. The zero-order chi connectivity index (χ0) is 30.0. The molecular formula is C40H26N4O. The standard InChI is InChI=1S/C40H26N4O/c1-3-9-27(10-4-1)29-15-19-31(20-16-29)37-42-38(32-21-17-30(18-22-32)28-11-5-2-6-12-28)44-39(43-37)33-23-25-34(26-24-33)40-41-35-13-7-8-14-36(35)45-40/h1-26H. The molecule has 8 aromatic rings. The highest BCUT2D eigenvalue weighted by molar-refractivity contribution is 5.77. The number of aromatic nitrogens is 4. The van der Waals surface area contributed by atoms with Gasteiger partial charge >= 0.3 is 0 Å². The lowest BCUT2D eigenvalue weighted by molar-refractivity contribution is 0.620. The molecule has 2 aromatic heterocycles. The predicted octanol–water partition coefficient (Wildman–Crippen LogP) is 10.0. The first kappa shape index (κ1) is 26.4. The van der Waals surface area contributed by atoms with Crippen LogP contribution in [0.2, 0.25) is 0 Å². The summed E-state index contributed by atoms with van der Waals surface area (Å²) in [4.78, 5) is 19.5. The first-order chi connectivity index (χ1) is 22.3. The highest BCUT2D eigenvalue weighted by Gasteiger charge is 2.14. The molecule has 45 heavy (non-hydrogen) atoms. The largest absolute Gasteiger partial charge is 0.436 e. The molecule has 0 bridgehead atoms. The van der Waals surface area contributed by atoms with Crippen molar-refractivity contribution in [2.24, 2.45) is 0 Å². The number of rotatable bonds is 6. The fourth-order valence-electron chi connectivity index (χ4n) is 5.41. The number of hydrogen-bond donors (Lipinski definition) is 0. The van der Waals surface area contributed by atoms with E-state index in [1.165, 1.54) is 11.1 Å². The maximum Gasteiger partial charge on any atom is 0.227 e. The molecule has 6 aromatic carbocycles. The minimum Gasteiger partial charge on any atom is -0.436 e. The molecule has 0 spiro atoms. The van der Waals surface area contributed by atoms with Crippen LogP contribution in [0.1, 0.15) is 0 Å². The Morgan fingerprint density at radius 2 is 0.644 bits per heavy atom. The van der Waals surface area contributed by atoms with Crippen LogP contribution in [0.4, 0.5) is 0 Å². The van der Waals surface area contributed by atoms with E-state index in [0.717, 1.165) is 44.5 Å².